The van der Waals surface area contributed by atoms with Gasteiger partial charge in [-0.1, -0.05) is 0 Å². The van der Waals surface area contributed by atoms with E-state index in [1.165, 1.54) is 35.0 Å². The van der Waals surface area contributed by atoms with E-state index in [1.807, 2.05) is 0 Å². The van der Waals surface area contributed by atoms with Crippen molar-refractivity contribution in [1.29, 1.82) is 0 Å². The van der Waals surface area contributed by atoms with Crippen LogP contribution in [0, 0.1) is 11.7 Å². The van der Waals surface area contributed by atoms with E-state index in [0.29, 0.717) is 17.5 Å². The van der Waals surface area contributed by atoms with Gasteiger partial charge in [-0.2, -0.15) is 4.68 Å². The molecule has 1 amide bonds. The van der Waals surface area contributed by atoms with Crippen LogP contribution in [0.25, 0.3) is 5.69 Å². The molecule has 4 rings (SSSR count). The van der Waals surface area contributed by atoms with Gasteiger partial charge in [-0.25, -0.2) is 4.39 Å². The van der Waals surface area contributed by atoms with E-state index in [2.05, 4.69) is 15.3 Å². The number of carbonyl (C=O) groups is 1. The molecule has 0 bridgehead atoms. The van der Waals surface area contributed by atoms with Crippen LogP contribution in [0.2, 0.25) is 0 Å². The van der Waals surface area contributed by atoms with Gasteiger partial charge in [0.05, 0.1) is 5.69 Å². The molecule has 26 heavy (non-hydrogen) atoms. The summed E-state index contributed by atoms with van der Waals surface area (Å²) in [5.74, 6) is 0.547. The zero-order chi connectivity index (χ0) is 18.1. The smallest absolute Gasteiger partial charge is 0.271 e. The Morgan fingerprint density at radius 2 is 1.73 bits per heavy atom. The molecule has 1 aromatic carbocycles. The number of amides is 1. The van der Waals surface area contributed by atoms with Gasteiger partial charge in [-0.3, -0.25) is 9.59 Å². The molecule has 1 N–H and O–H groups in total. The highest BCUT2D eigenvalue weighted by Crippen LogP contribution is 2.24. The Morgan fingerprint density at radius 3 is 2.38 bits per heavy atom. The summed E-state index contributed by atoms with van der Waals surface area (Å²) in [5, 5.41) is 7.50. The number of benzene rings is 1. The van der Waals surface area contributed by atoms with Crippen molar-refractivity contribution in [1.82, 2.24) is 15.1 Å². The molecule has 1 aliphatic carbocycles. The number of nitrogens with one attached hydrogen (secondary N) is 1. The SMILES string of the molecule is O=C(NC1CC1)C1CCN(c2ccc(=O)n(-c3ccc(F)cc3)n2)CC1. The van der Waals surface area contributed by atoms with Crippen LogP contribution in [-0.4, -0.2) is 34.8 Å². The third kappa shape index (κ3) is 3.61. The van der Waals surface area contributed by atoms with Gasteiger partial charge in [0, 0.05) is 31.1 Å². The molecule has 2 heterocycles. The topological polar surface area (TPSA) is 67.2 Å². The van der Waals surface area contributed by atoms with E-state index < -0.39 is 0 Å². The van der Waals surface area contributed by atoms with E-state index in [4.69, 9.17) is 0 Å². The molecule has 6 nitrogen and oxygen atoms in total. The summed E-state index contributed by atoms with van der Waals surface area (Å²) < 4.78 is 14.4. The van der Waals surface area contributed by atoms with Crippen LogP contribution >= 0.6 is 0 Å². The predicted molar refractivity (Wildman–Crippen MR) is 95.9 cm³/mol. The quantitative estimate of drug-likeness (QED) is 0.908. The van der Waals surface area contributed by atoms with Crippen molar-refractivity contribution in [2.45, 2.75) is 31.7 Å². The van der Waals surface area contributed by atoms with Crippen LogP contribution in [0.3, 0.4) is 0 Å². The van der Waals surface area contributed by atoms with Crippen LogP contribution < -0.4 is 15.8 Å². The maximum Gasteiger partial charge on any atom is 0.271 e. The molecular formula is C19H21FN4O2. The van der Waals surface area contributed by atoms with Crippen LogP contribution in [-0.2, 0) is 4.79 Å². The first-order valence-electron chi connectivity index (χ1n) is 9.02. The second-order valence-corrected chi connectivity index (χ2v) is 6.96. The van der Waals surface area contributed by atoms with Gasteiger partial charge in [0.1, 0.15) is 11.6 Å². The average molecular weight is 356 g/mol. The van der Waals surface area contributed by atoms with Crippen LogP contribution in [0.4, 0.5) is 10.2 Å². The fourth-order valence-electron chi connectivity index (χ4n) is 3.25. The van der Waals surface area contributed by atoms with E-state index in [9.17, 15) is 14.0 Å². The summed E-state index contributed by atoms with van der Waals surface area (Å²) >= 11 is 0. The Balaban J connectivity index is 1.47. The predicted octanol–water partition coefficient (Wildman–Crippen LogP) is 1.87. The molecule has 1 saturated carbocycles. The third-order valence-corrected chi connectivity index (χ3v) is 4.97. The van der Waals surface area contributed by atoms with Crippen molar-refractivity contribution in [3.05, 3.63) is 52.6 Å². The standard InChI is InChI=1S/C19H21FN4O2/c20-14-1-5-16(6-2-14)24-18(25)8-7-17(22-24)23-11-9-13(10-12-23)19(26)21-15-3-4-15/h1-2,5-8,13,15H,3-4,9-12H2,(H,21,26). The van der Waals surface area contributed by atoms with Gasteiger partial charge < -0.3 is 10.2 Å². The lowest BCUT2D eigenvalue weighted by Crippen LogP contribution is -2.42. The van der Waals surface area contributed by atoms with Crippen molar-refractivity contribution >= 4 is 11.7 Å². The Bertz CT molecular complexity index is 853. The minimum atomic E-state index is -0.357. The number of piperidine rings is 1. The summed E-state index contributed by atoms with van der Waals surface area (Å²) in [6.07, 6.45) is 3.74. The summed E-state index contributed by atoms with van der Waals surface area (Å²) in [4.78, 5) is 26.4. The van der Waals surface area contributed by atoms with Crippen molar-refractivity contribution in [3.8, 4) is 5.69 Å². The monoisotopic (exact) mass is 356 g/mol. The lowest BCUT2D eigenvalue weighted by Gasteiger charge is -2.32. The van der Waals surface area contributed by atoms with Crippen LogP contribution in [0.5, 0.6) is 0 Å². The molecule has 2 fully saturated rings. The second-order valence-electron chi connectivity index (χ2n) is 6.96. The van der Waals surface area contributed by atoms with Crippen LogP contribution in [0.1, 0.15) is 25.7 Å². The minimum Gasteiger partial charge on any atom is -0.355 e. The number of carbonyl (C=O) groups excluding carboxylic acids is 1. The molecule has 0 unspecified atom stereocenters. The van der Waals surface area contributed by atoms with Crippen LogP contribution in [0.15, 0.2) is 41.2 Å². The van der Waals surface area contributed by atoms with Crippen molar-refractivity contribution in [3.63, 3.8) is 0 Å². The van der Waals surface area contributed by atoms with Gasteiger partial charge in [0.2, 0.25) is 5.91 Å². The average Bonchev–Trinajstić information content (AvgIpc) is 3.47. The molecule has 0 spiro atoms. The van der Waals surface area contributed by atoms with E-state index in [0.717, 1.165) is 38.8 Å². The van der Waals surface area contributed by atoms with Crippen molar-refractivity contribution in [2.75, 3.05) is 18.0 Å². The highest BCUT2D eigenvalue weighted by atomic mass is 19.1. The molecule has 1 saturated heterocycles. The van der Waals surface area contributed by atoms with E-state index >= 15 is 0 Å². The maximum atomic E-state index is 13.1. The zero-order valence-electron chi connectivity index (χ0n) is 14.4. The first-order valence-corrected chi connectivity index (χ1v) is 9.02. The molecule has 2 aliphatic rings. The fourth-order valence-corrected chi connectivity index (χ4v) is 3.25. The van der Waals surface area contributed by atoms with Crippen molar-refractivity contribution in [2.24, 2.45) is 5.92 Å². The molecular weight excluding hydrogens is 335 g/mol. The molecule has 2 aromatic rings. The van der Waals surface area contributed by atoms with E-state index in [1.54, 1.807) is 6.07 Å². The first kappa shape index (κ1) is 16.8. The number of hydrogen-bond acceptors (Lipinski definition) is 4. The number of hydrogen-bond donors (Lipinski definition) is 1. The van der Waals surface area contributed by atoms with Gasteiger partial charge in [-0.15, -0.1) is 5.10 Å². The summed E-state index contributed by atoms with van der Waals surface area (Å²) in [6, 6.07) is 9.23. The van der Waals surface area contributed by atoms with Gasteiger partial charge in [-0.05, 0) is 56.0 Å². The lowest BCUT2D eigenvalue weighted by molar-refractivity contribution is -0.125. The Hall–Kier alpha value is -2.70. The van der Waals surface area contributed by atoms with E-state index in [-0.39, 0.29) is 23.2 Å². The maximum absolute atomic E-state index is 13.1. The molecule has 0 radical (unpaired) electrons. The Kier molecular flexibility index (Phi) is 4.44. The number of nitrogens with zero attached hydrogens (tertiary/aromatic N) is 3. The molecule has 1 aliphatic heterocycles. The second kappa shape index (κ2) is 6.90. The van der Waals surface area contributed by atoms with Crippen molar-refractivity contribution < 1.29 is 9.18 Å². The fraction of sp³-hybridized carbons (Fsp3) is 0.421. The van der Waals surface area contributed by atoms with Gasteiger partial charge in [0.25, 0.3) is 5.56 Å². The normalized spacial score (nSPS) is 18.0. The number of rotatable bonds is 4. The number of aromatic nitrogens is 2. The Labute approximate surface area is 150 Å². The minimum absolute atomic E-state index is 0.0508. The largest absolute Gasteiger partial charge is 0.355 e. The highest BCUT2D eigenvalue weighted by molar-refractivity contribution is 5.79. The first-order chi connectivity index (χ1) is 12.6. The molecule has 1 aromatic heterocycles. The lowest BCUT2D eigenvalue weighted by atomic mass is 9.96. The zero-order valence-corrected chi connectivity index (χ0v) is 14.4. The Morgan fingerprint density at radius 1 is 1.04 bits per heavy atom. The molecule has 0 atom stereocenters. The highest BCUT2D eigenvalue weighted by Gasteiger charge is 2.30. The summed E-state index contributed by atoms with van der Waals surface area (Å²) in [7, 11) is 0. The summed E-state index contributed by atoms with van der Waals surface area (Å²) in [6.45, 7) is 1.44. The summed E-state index contributed by atoms with van der Waals surface area (Å²) in [5.41, 5.74) is 0.260. The third-order valence-electron chi connectivity index (χ3n) is 4.97. The van der Waals surface area contributed by atoms with Gasteiger partial charge in [0.15, 0.2) is 0 Å². The number of anilines is 1. The molecule has 7 heteroatoms. The molecule has 136 valence electrons. The van der Waals surface area contributed by atoms with Gasteiger partial charge >= 0.3 is 0 Å². The number of halogens is 1.